The Morgan fingerprint density at radius 3 is 2.53 bits per heavy atom. The molecule has 3 nitrogen and oxygen atoms in total. The Labute approximate surface area is 111 Å². The Bertz CT molecular complexity index is 488. The molecule has 0 aliphatic rings. The van der Waals surface area contributed by atoms with E-state index in [2.05, 4.69) is 6.58 Å². The van der Waals surface area contributed by atoms with E-state index >= 15 is 0 Å². The predicted molar refractivity (Wildman–Crippen MR) is 70.2 cm³/mol. The summed E-state index contributed by atoms with van der Waals surface area (Å²) in [7, 11) is 0. The maximum absolute atomic E-state index is 13.2. The molecule has 1 rings (SSSR count). The quantitative estimate of drug-likeness (QED) is 0.807. The van der Waals surface area contributed by atoms with Crippen LogP contribution in [0.4, 0.5) is 14.5 Å². The van der Waals surface area contributed by atoms with Gasteiger partial charge in [-0.15, -0.1) is 0 Å². The number of benzene rings is 1. The first-order valence-corrected chi connectivity index (χ1v) is 5.88. The molecule has 0 bridgehead atoms. The van der Waals surface area contributed by atoms with Crippen molar-refractivity contribution in [2.24, 2.45) is 5.92 Å². The van der Waals surface area contributed by atoms with Crippen molar-refractivity contribution >= 4 is 11.7 Å². The van der Waals surface area contributed by atoms with E-state index in [0.29, 0.717) is 12.2 Å². The van der Waals surface area contributed by atoms with E-state index in [9.17, 15) is 13.6 Å². The summed E-state index contributed by atoms with van der Waals surface area (Å²) in [6.45, 7) is 7.70. The Morgan fingerprint density at radius 2 is 2.05 bits per heavy atom. The Morgan fingerprint density at radius 1 is 1.42 bits per heavy atom. The van der Waals surface area contributed by atoms with E-state index in [1.165, 1.54) is 6.07 Å². The summed E-state index contributed by atoms with van der Waals surface area (Å²) in [5.74, 6) is -3.43. The number of halogens is 2. The molecule has 0 aliphatic heterocycles. The number of rotatable bonds is 6. The van der Waals surface area contributed by atoms with Gasteiger partial charge in [0, 0.05) is 24.8 Å². The zero-order chi connectivity index (χ0) is 14.6. The Kier molecular flexibility index (Phi) is 5.03. The molecule has 1 unspecified atom stereocenters. The first-order valence-electron chi connectivity index (χ1n) is 5.88. The van der Waals surface area contributed by atoms with Gasteiger partial charge in [0.2, 0.25) is 0 Å². The summed E-state index contributed by atoms with van der Waals surface area (Å²) < 4.78 is 26.1. The molecule has 1 aromatic carbocycles. The van der Waals surface area contributed by atoms with E-state index in [1.807, 2.05) is 0 Å². The largest absolute Gasteiger partial charge is 0.481 e. The molecule has 1 N–H and O–H groups in total. The molecule has 0 heterocycles. The molecule has 1 aromatic rings. The molecule has 0 fully saturated rings. The third-order valence-corrected chi connectivity index (χ3v) is 2.64. The monoisotopic (exact) mass is 269 g/mol. The van der Waals surface area contributed by atoms with E-state index < -0.39 is 23.5 Å². The SMILES string of the molecule is C=C(C)CN(CC(C)C(=O)O)c1ccc(F)c(F)c1. The van der Waals surface area contributed by atoms with Crippen molar-refractivity contribution in [2.45, 2.75) is 13.8 Å². The van der Waals surface area contributed by atoms with Gasteiger partial charge in [-0.3, -0.25) is 4.79 Å². The fraction of sp³-hybridized carbons (Fsp3) is 0.357. The van der Waals surface area contributed by atoms with Crippen LogP contribution < -0.4 is 4.90 Å². The van der Waals surface area contributed by atoms with E-state index in [4.69, 9.17) is 5.11 Å². The maximum atomic E-state index is 13.2. The van der Waals surface area contributed by atoms with Gasteiger partial charge in [-0.1, -0.05) is 19.1 Å². The molecule has 0 radical (unpaired) electrons. The van der Waals surface area contributed by atoms with Gasteiger partial charge < -0.3 is 10.0 Å². The Balaban J connectivity index is 2.98. The second-order valence-corrected chi connectivity index (χ2v) is 4.68. The summed E-state index contributed by atoms with van der Waals surface area (Å²) in [4.78, 5) is 12.6. The molecule has 0 aliphatic carbocycles. The number of nitrogens with zero attached hydrogens (tertiary/aromatic N) is 1. The fourth-order valence-electron chi connectivity index (χ4n) is 1.68. The highest BCUT2D eigenvalue weighted by molar-refractivity contribution is 5.70. The number of hydrogen-bond donors (Lipinski definition) is 1. The summed E-state index contributed by atoms with van der Waals surface area (Å²) >= 11 is 0. The Hall–Kier alpha value is -1.91. The predicted octanol–water partition coefficient (Wildman–Crippen LogP) is 3.07. The van der Waals surface area contributed by atoms with Crippen LogP contribution in [0.3, 0.4) is 0 Å². The topological polar surface area (TPSA) is 40.5 Å². The highest BCUT2D eigenvalue weighted by atomic mass is 19.2. The lowest BCUT2D eigenvalue weighted by Crippen LogP contribution is -2.33. The van der Waals surface area contributed by atoms with Crippen molar-refractivity contribution in [1.82, 2.24) is 0 Å². The fourth-order valence-corrected chi connectivity index (χ4v) is 1.68. The number of carbonyl (C=O) groups is 1. The van der Waals surface area contributed by atoms with Crippen LogP contribution in [0.2, 0.25) is 0 Å². The lowest BCUT2D eigenvalue weighted by atomic mass is 10.1. The van der Waals surface area contributed by atoms with Crippen LogP contribution >= 0.6 is 0 Å². The third-order valence-electron chi connectivity index (χ3n) is 2.64. The normalized spacial score (nSPS) is 12.0. The van der Waals surface area contributed by atoms with Crippen molar-refractivity contribution in [1.29, 1.82) is 0 Å². The highest BCUT2D eigenvalue weighted by Gasteiger charge is 2.17. The van der Waals surface area contributed by atoms with Gasteiger partial charge in [0.25, 0.3) is 0 Å². The van der Waals surface area contributed by atoms with Crippen LogP contribution in [-0.2, 0) is 4.79 Å². The van der Waals surface area contributed by atoms with Crippen molar-refractivity contribution in [2.75, 3.05) is 18.0 Å². The van der Waals surface area contributed by atoms with E-state index in [-0.39, 0.29) is 6.54 Å². The molecule has 0 spiro atoms. The smallest absolute Gasteiger partial charge is 0.308 e. The van der Waals surface area contributed by atoms with Crippen LogP contribution in [0.15, 0.2) is 30.4 Å². The van der Waals surface area contributed by atoms with Gasteiger partial charge >= 0.3 is 5.97 Å². The van der Waals surface area contributed by atoms with E-state index in [0.717, 1.165) is 17.7 Å². The highest BCUT2D eigenvalue weighted by Crippen LogP contribution is 2.20. The van der Waals surface area contributed by atoms with Gasteiger partial charge in [0.1, 0.15) is 0 Å². The molecule has 0 amide bonds. The zero-order valence-electron chi connectivity index (χ0n) is 11.0. The number of anilines is 1. The van der Waals surface area contributed by atoms with Crippen LogP contribution in [0, 0.1) is 17.6 Å². The van der Waals surface area contributed by atoms with Gasteiger partial charge in [-0.2, -0.15) is 0 Å². The van der Waals surface area contributed by atoms with Crippen LogP contribution in [-0.4, -0.2) is 24.2 Å². The summed E-state index contributed by atoms with van der Waals surface area (Å²) in [6.07, 6.45) is 0. The minimum atomic E-state index is -0.952. The van der Waals surface area contributed by atoms with Crippen LogP contribution in [0.5, 0.6) is 0 Å². The number of hydrogen-bond acceptors (Lipinski definition) is 2. The molecule has 0 saturated carbocycles. The second-order valence-electron chi connectivity index (χ2n) is 4.68. The number of carboxylic acid groups (broad SMARTS) is 1. The van der Waals surface area contributed by atoms with Gasteiger partial charge in [0.15, 0.2) is 11.6 Å². The second kappa shape index (κ2) is 6.31. The van der Waals surface area contributed by atoms with Crippen molar-refractivity contribution in [3.8, 4) is 0 Å². The average Bonchev–Trinajstić information content (AvgIpc) is 2.31. The lowest BCUT2D eigenvalue weighted by molar-refractivity contribution is -0.140. The molecule has 5 heteroatoms. The molecule has 1 atom stereocenters. The van der Waals surface area contributed by atoms with Crippen molar-refractivity contribution < 1.29 is 18.7 Å². The van der Waals surface area contributed by atoms with Gasteiger partial charge in [-0.05, 0) is 19.1 Å². The lowest BCUT2D eigenvalue weighted by Gasteiger charge is -2.27. The summed E-state index contributed by atoms with van der Waals surface area (Å²) in [5, 5.41) is 8.93. The average molecular weight is 269 g/mol. The number of aliphatic carboxylic acids is 1. The number of carboxylic acids is 1. The minimum absolute atomic E-state index is 0.202. The molecule has 19 heavy (non-hydrogen) atoms. The first-order chi connectivity index (χ1) is 8.81. The van der Waals surface area contributed by atoms with Gasteiger partial charge in [-0.25, -0.2) is 8.78 Å². The molecular formula is C14H17F2NO2. The minimum Gasteiger partial charge on any atom is -0.481 e. The van der Waals surface area contributed by atoms with Crippen molar-refractivity contribution in [3.05, 3.63) is 42.0 Å². The molecule has 0 saturated heterocycles. The van der Waals surface area contributed by atoms with Gasteiger partial charge in [0.05, 0.1) is 5.92 Å². The van der Waals surface area contributed by atoms with Crippen molar-refractivity contribution in [3.63, 3.8) is 0 Å². The summed E-state index contributed by atoms with van der Waals surface area (Å²) in [6, 6.07) is 3.52. The summed E-state index contributed by atoms with van der Waals surface area (Å²) in [5.41, 5.74) is 1.25. The molecule has 104 valence electrons. The third kappa shape index (κ3) is 4.35. The van der Waals surface area contributed by atoms with Crippen LogP contribution in [0.1, 0.15) is 13.8 Å². The molecule has 0 aromatic heterocycles. The zero-order valence-corrected chi connectivity index (χ0v) is 11.0. The standard InChI is InChI=1S/C14H17F2NO2/c1-9(2)7-17(8-10(3)14(18)19)11-4-5-12(15)13(16)6-11/h4-6,10H,1,7-8H2,2-3H3,(H,18,19). The van der Waals surface area contributed by atoms with E-state index in [1.54, 1.807) is 18.7 Å². The van der Waals surface area contributed by atoms with Crippen LogP contribution in [0.25, 0.3) is 0 Å². The molecular weight excluding hydrogens is 252 g/mol. The maximum Gasteiger partial charge on any atom is 0.308 e. The first kappa shape index (κ1) is 15.1.